The smallest absolute Gasteiger partial charge is 0.0320 e. The van der Waals surface area contributed by atoms with Crippen LogP contribution >= 0.6 is 31.9 Å². The fraction of sp³-hybridized carbons (Fsp3) is 0.571. The van der Waals surface area contributed by atoms with E-state index < -0.39 is 0 Å². The van der Waals surface area contributed by atoms with Crippen LogP contribution in [-0.2, 0) is 6.54 Å². The molecule has 0 bridgehead atoms. The van der Waals surface area contributed by atoms with Gasteiger partial charge in [-0.05, 0) is 76.4 Å². The SMILES string of the molecule is CC(CNCc1ccc(Br)c(Br)c1)N(C)C1CC1. The highest BCUT2D eigenvalue weighted by Gasteiger charge is 2.28. The Kier molecular flexibility index (Phi) is 5.24. The van der Waals surface area contributed by atoms with Crippen molar-refractivity contribution in [2.24, 2.45) is 0 Å². The number of nitrogens with zero attached hydrogens (tertiary/aromatic N) is 1. The molecule has 4 heteroatoms. The summed E-state index contributed by atoms with van der Waals surface area (Å²) in [6, 6.07) is 7.84. The molecule has 1 aliphatic carbocycles. The summed E-state index contributed by atoms with van der Waals surface area (Å²) >= 11 is 7.02. The van der Waals surface area contributed by atoms with E-state index in [-0.39, 0.29) is 0 Å². The topological polar surface area (TPSA) is 15.3 Å². The summed E-state index contributed by atoms with van der Waals surface area (Å²) in [5.41, 5.74) is 1.31. The highest BCUT2D eigenvalue weighted by Crippen LogP contribution is 2.27. The van der Waals surface area contributed by atoms with Crippen LogP contribution in [0.25, 0.3) is 0 Å². The molecule has 1 aromatic carbocycles. The van der Waals surface area contributed by atoms with Crippen molar-refractivity contribution in [1.29, 1.82) is 0 Å². The van der Waals surface area contributed by atoms with E-state index in [1.54, 1.807) is 0 Å². The molecule has 0 saturated heterocycles. The fourth-order valence-electron chi connectivity index (χ4n) is 2.06. The summed E-state index contributed by atoms with van der Waals surface area (Å²) in [6.45, 7) is 4.26. The predicted octanol–water partition coefficient (Wildman–Crippen LogP) is 3.78. The summed E-state index contributed by atoms with van der Waals surface area (Å²) in [7, 11) is 2.24. The Hall–Kier alpha value is 0.1000. The van der Waals surface area contributed by atoms with Crippen LogP contribution < -0.4 is 5.32 Å². The van der Waals surface area contributed by atoms with Crippen LogP contribution in [0, 0.1) is 0 Å². The van der Waals surface area contributed by atoms with E-state index in [0.29, 0.717) is 6.04 Å². The maximum absolute atomic E-state index is 3.53. The molecule has 1 N–H and O–H groups in total. The third-order valence-electron chi connectivity index (χ3n) is 3.57. The van der Waals surface area contributed by atoms with E-state index in [9.17, 15) is 0 Å². The Bertz CT molecular complexity index is 405. The van der Waals surface area contributed by atoms with Crippen LogP contribution in [-0.4, -0.2) is 30.6 Å². The van der Waals surface area contributed by atoms with Crippen molar-refractivity contribution in [1.82, 2.24) is 10.2 Å². The zero-order chi connectivity index (χ0) is 13.1. The monoisotopic (exact) mass is 374 g/mol. The third kappa shape index (κ3) is 4.05. The molecule has 18 heavy (non-hydrogen) atoms. The Morgan fingerprint density at radius 2 is 2.06 bits per heavy atom. The van der Waals surface area contributed by atoms with Crippen LogP contribution in [0.4, 0.5) is 0 Å². The van der Waals surface area contributed by atoms with Gasteiger partial charge in [-0.3, -0.25) is 4.90 Å². The molecule has 1 atom stereocenters. The highest BCUT2D eigenvalue weighted by molar-refractivity contribution is 9.13. The van der Waals surface area contributed by atoms with Gasteiger partial charge in [0, 0.05) is 34.1 Å². The van der Waals surface area contributed by atoms with E-state index in [2.05, 4.69) is 74.2 Å². The first-order valence-corrected chi connectivity index (χ1v) is 8.03. The number of nitrogens with one attached hydrogen (secondary N) is 1. The molecular weight excluding hydrogens is 356 g/mol. The highest BCUT2D eigenvalue weighted by atomic mass is 79.9. The number of benzene rings is 1. The first kappa shape index (κ1) is 14.5. The third-order valence-corrected chi connectivity index (χ3v) is 5.45. The molecule has 0 aliphatic heterocycles. The molecule has 2 nitrogen and oxygen atoms in total. The molecule has 1 aromatic rings. The molecule has 0 spiro atoms. The number of likely N-dealkylation sites (N-methyl/N-ethyl adjacent to an activating group) is 1. The molecule has 1 unspecified atom stereocenters. The van der Waals surface area contributed by atoms with E-state index in [1.165, 1.54) is 18.4 Å². The molecule has 1 aliphatic rings. The molecule has 0 aromatic heterocycles. The van der Waals surface area contributed by atoms with Crippen LogP contribution in [0.2, 0.25) is 0 Å². The van der Waals surface area contributed by atoms with E-state index in [0.717, 1.165) is 28.1 Å². The van der Waals surface area contributed by atoms with Crippen molar-refractivity contribution in [3.05, 3.63) is 32.7 Å². The first-order chi connectivity index (χ1) is 8.58. The summed E-state index contributed by atoms with van der Waals surface area (Å²) in [4.78, 5) is 2.49. The average Bonchev–Trinajstić information content (AvgIpc) is 3.16. The van der Waals surface area contributed by atoms with E-state index >= 15 is 0 Å². The zero-order valence-electron chi connectivity index (χ0n) is 10.9. The maximum atomic E-state index is 3.53. The lowest BCUT2D eigenvalue weighted by Crippen LogP contribution is -2.38. The fourth-order valence-corrected chi connectivity index (χ4v) is 2.73. The molecule has 2 rings (SSSR count). The number of halogens is 2. The van der Waals surface area contributed by atoms with Gasteiger partial charge >= 0.3 is 0 Å². The van der Waals surface area contributed by atoms with Crippen molar-refractivity contribution in [2.45, 2.75) is 38.4 Å². The quantitative estimate of drug-likeness (QED) is 0.813. The van der Waals surface area contributed by atoms with Crippen LogP contribution in [0.1, 0.15) is 25.3 Å². The molecule has 0 heterocycles. The first-order valence-electron chi connectivity index (χ1n) is 6.44. The normalized spacial score (nSPS) is 17.2. The van der Waals surface area contributed by atoms with Gasteiger partial charge in [-0.15, -0.1) is 0 Å². The molecule has 100 valence electrons. The zero-order valence-corrected chi connectivity index (χ0v) is 14.1. The Labute approximate surface area is 126 Å². The second-order valence-corrected chi connectivity index (χ2v) is 6.83. The molecule has 1 fully saturated rings. The predicted molar refractivity (Wildman–Crippen MR) is 83.8 cm³/mol. The molecule has 0 amide bonds. The summed E-state index contributed by atoms with van der Waals surface area (Å²) < 4.78 is 2.22. The number of hydrogen-bond donors (Lipinski definition) is 1. The minimum Gasteiger partial charge on any atom is -0.311 e. The van der Waals surface area contributed by atoms with Crippen LogP contribution in [0.15, 0.2) is 27.1 Å². The molecule has 1 saturated carbocycles. The lowest BCUT2D eigenvalue weighted by Gasteiger charge is -2.24. The average molecular weight is 376 g/mol. The second kappa shape index (κ2) is 6.51. The lowest BCUT2D eigenvalue weighted by molar-refractivity contribution is 0.241. The van der Waals surface area contributed by atoms with E-state index in [1.807, 2.05) is 0 Å². The van der Waals surface area contributed by atoms with Crippen LogP contribution in [0.5, 0.6) is 0 Å². The van der Waals surface area contributed by atoms with Crippen molar-refractivity contribution >= 4 is 31.9 Å². The largest absolute Gasteiger partial charge is 0.311 e. The summed E-state index contributed by atoms with van der Waals surface area (Å²) in [5.74, 6) is 0. The van der Waals surface area contributed by atoms with Gasteiger partial charge in [0.2, 0.25) is 0 Å². The minimum absolute atomic E-state index is 0.608. The Morgan fingerprint density at radius 3 is 2.67 bits per heavy atom. The lowest BCUT2D eigenvalue weighted by atomic mass is 10.2. The van der Waals surface area contributed by atoms with Gasteiger partial charge in [0.05, 0.1) is 0 Å². The van der Waals surface area contributed by atoms with Gasteiger partial charge in [-0.1, -0.05) is 6.07 Å². The standard InChI is InChI=1S/C14H20Br2N2/c1-10(18(2)12-4-5-12)8-17-9-11-3-6-13(15)14(16)7-11/h3,6-7,10,12,17H,4-5,8-9H2,1-2H3. The van der Waals surface area contributed by atoms with Gasteiger partial charge in [0.1, 0.15) is 0 Å². The minimum atomic E-state index is 0.608. The second-order valence-electron chi connectivity index (χ2n) is 5.13. The molecular formula is C14H20Br2N2. The van der Waals surface area contributed by atoms with Gasteiger partial charge in [0.15, 0.2) is 0 Å². The summed E-state index contributed by atoms with van der Waals surface area (Å²) in [6.07, 6.45) is 2.75. The van der Waals surface area contributed by atoms with Crippen molar-refractivity contribution in [3.8, 4) is 0 Å². The van der Waals surface area contributed by atoms with Crippen molar-refractivity contribution < 1.29 is 0 Å². The van der Waals surface area contributed by atoms with Crippen molar-refractivity contribution in [3.63, 3.8) is 0 Å². The Balaban J connectivity index is 1.75. The maximum Gasteiger partial charge on any atom is 0.0320 e. The van der Waals surface area contributed by atoms with Gasteiger partial charge < -0.3 is 5.32 Å². The van der Waals surface area contributed by atoms with Crippen molar-refractivity contribution in [2.75, 3.05) is 13.6 Å². The van der Waals surface area contributed by atoms with Gasteiger partial charge in [-0.2, -0.15) is 0 Å². The Morgan fingerprint density at radius 1 is 1.33 bits per heavy atom. The number of rotatable bonds is 6. The van der Waals surface area contributed by atoms with Gasteiger partial charge in [-0.25, -0.2) is 0 Å². The van der Waals surface area contributed by atoms with Gasteiger partial charge in [0.25, 0.3) is 0 Å². The van der Waals surface area contributed by atoms with E-state index in [4.69, 9.17) is 0 Å². The summed E-state index contributed by atoms with van der Waals surface area (Å²) in [5, 5.41) is 3.53. The van der Waals surface area contributed by atoms with Crippen LogP contribution in [0.3, 0.4) is 0 Å². The molecule has 0 radical (unpaired) electrons. The number of hydrogen-bond acceptors (Lipinski definition) is 2.